The molecule has 4 heteroatoms. The molecule has 1 aromatic carbocycles. The third-order valence-electron chi connectivity index (χ3n) is 3.37. The van der Waals surface area contributed by atoms with Crippen molar-refractivity contribution in [3.05, 3.63) is 29.3 Å². The number of thiazole rings is 1. The van der Waals surface area contributed by atoms with Crippen LogP contribution in [-0.4, -0.2) is 23.9 Å². The molecule has 3 rings (SSSR count). The fourth-order valence-electron chi connectivity index (χ4n) is 2.45. The third-order valence-corrected chi connectivity index (χ3v) is 4.40. The number of aromatic nitrogens is 1. The van der Waals surface area contributed by atoms with Crippen LogP contribution in [0.1, 0.15) is 17.8 Å². The first kappa shape index (κ1) is 11.8. The second-order valence-electron chi connectivity index (χ2n) is 4.85. The summed E-state index contributed by atoms with van der Waals surface area (Å²) in [7, 11) is 0. The molecule has 1 fully saturated rings. The highest BCUT2D eigenvalue weighted by Gasteiger charge is 2.18. The molecular formula is C14H16N2OS. The number of benzene rings is 1. The fraction of sp³-hybridized carbons (Fsp3) is 0.429. The van der Waals surface area contributed by atoms with Crippen molar-refractivity contribution in [3.8, 4) is 0 Å². The molecule has 0 amide bonds. The van der Waals surface area contributed by atoms with Crippen LogP contribution in [0.2, 0.25) is 0 Å². The minimum atomic E-state index is 0.322. The molecular weight excluding hydrogens is 244 g/mol. The summed E-state index contributed by atoms with van der Waals surface area (Å²) in [5.74, 6) is 0.856. The van der Waals surface area contributed by atoms with E-state index in [0.717, 1.165) is 30.0 Å². The van der Waals surface area contributed by atoms with E-state index < -0.39 is 0 Å². The van der Waals surface area contributed by atoms with Gasteiger partial charge < -0.3 is 5.32 Å². The highest BCUT2D eigenvalue weighted by molar-refractivity contribution is 7.18. The number of carbonyl (C=O) groups excluding carboxylic acids is 1. The summed E-state index contributed by atoms with van der Waals surface area (Å²) >= 11 is 1.64. The average molecular weight is 260 g/mol. The summed E-state index contributed by atoms with van der Waals surface area (Å²) in [6, 6.07) is 8.05. The van der Waals surface area contributed by atoms with Crippen molar-refractivity contribution in [2.24, 2.45) is 5.92 Å². The van der Waals surface area contributed by atoms with Crippen LogP contribution in [0.15, 0.2) is 24.3 Å². The lowest BCUT2D eigenvalue weighted by Gasteiger charge is -2.05. The average Bonchev–Trinajstić information content (AvgIpc) is 2.96. The number of hydrogen-bond donors (Lipinski definition) is 1. The van der Waals surface area contributed by atoms with Gasteiger partial charge in [-0.15, -0.1) is 11.3 Å². The second-order valence-corrected chi connectivity index (χ2v) is 5.97. The van der Waals surface area contributed by atoms with E-state index in [9.17, 15) is 4.79 Å². The summed E-state index contributed by atoms with van der Waals surface area (Å²) in [6.07, 6.45) is 2.32. The predicted octanol–water partition coefficient (Wildman–Crippen LogP) is 2.41. The van der Waals surface area contributed by atoms with Crippen molar-refractivity contribution in [3.63, 3.8) is 0 Å². The van der Waals surface area contributed by atoms with Crippen molar-refractivity contribution < 1.29 is 4.79 Å². The van der Waals surface area contributed by atoms with Gasteiger partial charge in [0.15, 0.2) is 0 Å². The van der Waals surface area contributed by atoms with Gasteiger partial charge in [0.2, 0.25) is 0 Å². The number of hydrogen-bond acceptors (Lipinski definition) is 4. The fourth-order valence-corrected chi connectivity index (χ4v) is 3.44. The van der Waals surface area contributed by atoms with Gasteiger partial charge in [-0.05, 0) is 37.6 Å². The van der Waals surface area contributed by atoms with Gasteiger partial charge >= 0.3 is 0 Å². The number of nitrogens with one attached hydrogen (secondary N) is 1. The quantitative estimate of drug-likeness (QED) is 0.918. The monoisotopic (exact) mass is 260 g/mol. The first-order valence-corrected chi connectivity index (χ1v) is 7.20. The van der Waals surface area contributed by atoms with E-state index in [0.29, 0.717) is 24.5 Å². The maximum Gasteiger partial charge on any atom is 0.140 e. The Kier molecular flexibility index (Phi) is 3.39. The molecule has 0 aliphatic carbocycles. The smallest absolute Gasteiger partial charge is 0.140 e. The van der Waals surface area contributed by atoms with E-state index in [1.807, 2.05) is 18.2 Å². The van der Waals surface area contributed by atoms with Gasteiger partial charge in [0.1, 0.15) is 10.8 Å². The largest absolute Gasteiger partial charge is 0.316 e. The second kappa shape index (κ2) is 5.16. The summed E-state index contributed by atoms with van der Waals surface area (Å²) in [6.45, 7) is 2.05. The Labute approximate surface area is 110 Å². The summed E-state index contributed by atoms with van der Waals surface area (Å²) in [5, 5.41) is 4.25. The lowest BCUT2D eigenvalue weighted by molar-refractivity contribution is -0.119. The topological polar surface area (TPSA) is 42.0 Å². The summed E-state index contributed by atoms with van der Waals surface area (Å²) in [5.41, 5.74) is 1.01. The Bertz CT molecular complexity index is 525. The standard InChI is InChI=1S/C14H16N2OS/c17-11(7-10-5-6-15-9-10)8-14-16-12-3-1-2-4-13(12)18-14/h1-4,10,15H,5-9H2. The van der Waals surface area contributed by atoms with Crippen LogP contribution in [0.4, 0.5) is 0 Å². The molecule has 1 aliphatic heterocycles. The third kappa shape index (κ3) is 2.60. The van der Waals surface area contributed by atoms with E-state index >= 15 is 0 Å². The van der Waals surface area contributed by atoms with Gasteiger partial charge in [-0.2, -0.15) is 0 Å². The van der Waals surface area contributed by atoms with Crippen LogP contribution in [0.25, 0.3) is 10.2 Å². The molecule has 18 heavy (non-hydrogen) atoms. The van der Waals surface area contributed by atoms with Crippen LogP contribution < -0.4 is 5.32 Å². The van der Waals surface area contributed by atoms with E-state index in [2.05, 4.69) is 16.4 Å². The molecule has 0 saturated carbocycles. The van der Waals surface area contributed by atoms with E-state index in [1.54, 1.807) is 11.3 Å². The molecule has 2 aromatic rings. The predicted molar refractivity (Wildman–Crippen MR) is 73.9 cm³/mol. The van der Waals surface area contributed by atoms with Gasteiger partial charge in [0.05, 0.1) is 16.6 Å². The molecule has 1 saturated heterocycles. The van der Waals surface area contributed by atoms with Crippen LogP contribution in [-0.2, 0) is 11.2 Å². The molecule has 94 valence electrons. The zero-order chi connectivity index (χ0) is 12.4. The molecule has 1 unspecified atom stereocenters. The van der Waals surface area contributed by atoms with Crippen molar-refractivity contribution in [2.45, 2.75) is 19.3 Å². The SMILES string of the molecule is O=C(Cc1nc2ccccc2s1)CC1CCNC1. The molecule has 2 heterocycles. The molecule has 0 spiro atoms. The van der Waals surface area contributed by atoms with Crippen molar-refractivity contribution >= 4 is 27.3 Å². The zero-order valence-corrected chi connectivity index (χ0v) is 11.0. The summed E-state index contributed by atoms with van der Waals surface area (Å²) < 4.78 is 1.17. The molecule has 1 atom stereocenters. The number of para-hydroxylation sites is 1. The number of fused-ring (bicyclic) bond motifs is 1. The number of ketones is 1. The maximum absolute atomic E-state index is 12.0. The van der Waals surface area contributed by atoms with Crippen LogP contribution in [0.5, 0.6) is 0 Å². The van der Waals surface area contributed by atoms with Gasteiger partial charge in [0, 0.05) is 6.42 Å². The van der Waals surface area contributed by atoms with Crippen molar-refractivity contribution in [1.29, 1.82) is 0 Å². The Morgan fingerprint density at radius 2 is 2.33 bits per heavy atom. The van der Waals surface area contributed by atoms with Gasteiger partial charge in [-0.3, -0.25) is 4.79 Å². The number of carbonyl (C=O) groups is 1. The van der Waals surface area contributed by atoms with Gasteiger partial charge in [-0.1, -0.05) is 12.1 Å². The summed E-state index contributed by atoms with van der Waals surface area (Å²) in [4.78, 5) is 16.5. The molecule has 1 aliphatic rings. The highest BCUT2D eigenvalue weighted by Crippen LogP contribution is 2.23. The Morgan fingerprint density at radius 3 is 3.11 bits per heavy atom. The van der Waals surface area contributed by atoms with E-state index in [1.165, 1.54) is 4.70 Å². The number of nitrogens with zero attached hydrogens (tertiary/aromatic N) is 1. The minimum Gasteiger partial charge on any atom is -0.316 e. The lowest BCUT2D eigenvalue weighted by Crippen LogP contribution is -2.13. The van der Waals surface area contributed by atoms with Crippen molar-refractivity contribution in [1.82, 2.24) is 10.3 Å². The highest BCUT2D eigenvalue weighted by atomic mass is 32.1. The Hall–Kier alpha value is -1.26. The minimum absolute atomic E-state index is 0.322. The van der Waals surface area contributed by atoms with Crippen LogP contribution in [0.3, 0.4) is 0 Å². The Morgan fingerprint density at radius 1 is 1.44 bits per heavy atom. The molecule has 0 bridgehead atoms. The van der Waals surface area contributed by atoms with Crippen LogP contribution >= 0.6 is 11.3 Å². The van der Waals surface area contributed by atoms with E-state index in [4.69, 9.17) is 0 Å². The number of rotatable bonds is 4. The molecule has 0 radical (unpaired) electrons. The zero-order valence-electron chi connectivity index (χ0n) is 10.2. The van der Waals surface area contributed by atoms with Gasteiger partial charge in [-0.25, -0.2) is 4.98 Å². The lowest BCUT2D eigenvalue weighted by atomic mass is 10.0. The first-order valence-electron chi connectivity index (χ1n) is 6.38. The van der Waals surface area contributed by atoms with Gasteiger partial charge in [0.25, 0.3) is 0 Å². The molecule has 3 nitrogen and oxygen atoms in total. The maximum atomic E-state index is 12.0. The molecule has 1 aromatic heterocycles. The Balaban J connectivity index is 1.66. The molecule has 1 N–H and O–H groups in total. The van der Waals surface area contributed by atoms with Crippen LogP contribution in [0, 0.1) is 5.92 Å². The first-order chi connectivity index (χ1) is 8.81. The normalized spacial score (nSPS) is 19.4. The number of Topliss-reactive ketones (excluding diaryl/α,β-unsaturated/α-hetero) is 1. The van der Waals surface area contributed by atoms with E-state index in [-0.39, 0.29) is 0 Å². The van der Waals surface area contributed by atoms with Crippen molar-refractivity contribution in [2.75, 3.05) is 13.1 Å².